The Morgan fingerprint density at radius 1 is 1.31 bits per heavy atom. The summed E-state index contributed by atoms with van der Waals surface area (Å²) in [6, 6.07) is 4.43. The summed E-state index contributed by atoms with van der Waals surface area (Å²) >= 11 is 0. The van der Waals surface area contributed by atoms with Crippen LogP contribution in [0.15, 0.2) is 18.2 Å². The molecule has 0 saturated heterocycles. The lowest BCUT2D eigenvalue weighted by Crippen LogP contribution is -2.38. The molecule has 0 spiro atoms. The third kappa shape index (κ3) is 3.36. The van der Waals surface area contributed by atoms with Gasteiger partial charge >= 0.3 is 6.98 Å². The van der Waals surface area contributed by atoms with Gasteiger partial charge in [0.1, 0.15) is 5.75 Å². The number of aryl methyl sites for hydroxylation is 1. The first kappa shape index (κ1) is 12.7. The van der Waals surface area contributed by atoms with Gasteiger partial charge in [0, 0.05) is 18.3 Å². The van der Waals surface area contributed by atoms with Crippen molar-refractivity contribution in [2.24, 2.45) is 0 Å². The van der Waals surface area contributed by atoms with Crippen LogP contribution < -0.4 is 4.90 Å². The summed E-state index contributed by atoms with van der Waals surface area (Å²) in [6.07, 6.45) is -0.944. The van der Waals surface area contributed by atoms with Crippen LogP contribution in [0.1, 0.15) is 12.5 Å². The molecule has 6 heteroatoms. The molecule has 0 amide bonds. The van der Waals surface area contributed by atoms with Gasteiger partial charge in [-0.15, -0.1) is 0 Å². The third-order valence-corrected chi connectivity index (χ3v) is 2.34. The molecule has 1 rings (SSSR count). The van der Waals surface area contributed by atoms with E-state index in [0.717, 1.165) is 5.56 Å². The smallest absolute Gasteiger partial charge is 0.497 e. The molecule has 0 radical (unpaired) electrons. The highest BCUT2D eigenvalue weighted by atomic mass is 19.4. The molecule has 0 aliphatic carbocycles. The summed E-state index contributed by atoms with van der Waals surface area (Å²) < 4.78 is 37.1. The summed E-state index contributed by atoms with van der Waals surface area (Å²) in [5, 5.41) is 9.28. The molecule has 16 heavy (non-hydrogen) atoms. The van der Waals surface area contributed by atoms with Gasteiger partial charge in [0.05, 0.1) is 0 Å². The Kier molecular flexibility index (Phi) is 3.72. The maximum absolute atomic E-state index is 12.4. The quantitative estimate of drug-likeness (QED) is 0.806. The number of halogens is 3. The monoisotopic (exact) mass is 232 g/mol. The average molecular weight is 232 g/mol. The van der Waals surface area contributed by atoms with Gasteiger partial charge in [0.2, 0.25) is 0 Å². The van der Waals surface area contributed by atoms with Crippen molar-refractivity contribution in [1.82, 2.24) is 0 Å². The van der Waals surface area contributed by atoms with Crippen molar-refractivity contribution < 1.29 is 18.1 Å². The van der Waals surface area contributed by atoms with E-state index in [0.29, 0.717) is 5.69 Å². The average Bonchev–Trinajstić information content (AvgIpc) is 2.17. The number of hydrogen-bond acceptors (Lipinski definition) is 2. The second-order valence-corrected chi connectivity index (χ2v) is 3.72. The summed E-state index contributed by atoms with van der Waals surface area (Å²) in [6.45, 7) is -1.23. The van der Waals surface area contributed by atoms with Crippen LogP contribution in [0.25, 0.3) is 0 Å². The molecule has 1 aromatic carbocycles. The molecule has 0 fully saturated rings. The van der Waals surface area contributed by atoms with Crippen molar-refractivity contribution in [2.45, 2.75) is 13.8 Å². The molecule has 0 aliphatic rings. The zero-order valence-corrected chi connectivity index (χ0v) is 9.25. The van der Waals surface area contributed by atoms with Gasteiger partial charge in [-0.05, 0) is 31.9 Å². The molecule has 0 saturated carbocycles. The van der Waals surface area contributed by atoms with Gasteiger partial charge in [-0.1, -0.05) is 6.07 Å². The normalized spacial score (nSPS) is 11.6. The Morgan fingerprint density at radius 2 is 1.94 bits per heavy atom. The topological polar surface area (TPSA) is 23.5 Å². The molecule has 0 atom stereocenters. The molecule has 0 unspecified atom stereocenters. The molecular weight excluding hydrogens is 218 g/mol. The predicted molar refractivity (Wildman–Crippen MR) is 59.8 cm³/mol. The fourth-order valence-corrected chi connectivity index (χ4v) is 1.59. The van der Waals surface area contributed by atoms with E-state index in [1.54, 1.807) is 19.9 Å². The van der Waals surface area contributed by atoms with E-state index >= 15 is 0 Å². The third-order valence-electron chi connectivity index (χ3n) is 2.34. The number of aromatic hydroxyl groups is 1. The first-order chi connectivity index (χ1) is 7.33. The van der Waals surface area contributed by atoms with Gasteiger partial charge in [-0.25, -0.2) is 0 Å². The summed E-state index contributed by atoms with van der Waals surface area (Å²) in [5.74, 6) is -0.0197. The van der Waals surface area contributed by atoms with E-state index in [9.17, 15) is 18.1 Å². The van der Waals surface area contributed by atoms with Crippen LogP contribution in [0, 0.1) is 6.92 Å². The van der Waals surface area contributed by atoms with Crippen molar-refractivity contribution in [3.63, 3.8) is 0 Å². The van der Waals surface area contributed by atoms with Crippen molar-refractivity contribution in [1.29, 1.82) is 0 Å². The number of rotatable bonds is 4. The van der Waals surface area contributed by atoms with Gasteiger partial charge in [-0.3, -0.25) is 0 Å². The Balaban J connectivity index is 2.99. The maximum Gasteiger partial charge on any atom is 0.497 e. The van der Waals surface area contributed by atoms with E-state index in [2.05, 4.69) is 0 Å². The van der Waals surface area contributed by atoms with Gasteiger partial charge < -0.3 is 23.0 Å². The molecule has 90 valence electrons. The van der Waals surface area contributed by atoms with E-state index in [4.69, 9.17) is 0 Å². The van der Waals surface area contributed by atoms with Crippen LogP contribution in [-0.4, -0.2) is 25.1 Å². The standard InChI is InChI=1S/C10H14BF3NO/c1-3-15(7-11(12,13)14)10-6-9(16)5-4-8(10)2/h4-6,16H,3,7H2,1-2H3/q-1. The Hall–Kier alpha value is -1.33. The highest BCUT2D eigenvalue weighted by molar-refractivity contribution is 6.59. The van der Waals surface area contributed by atoms with Crippen molar-refractivity contribution in [3.8, 4) is 5.75 Å². The minimum Gasteiger partial charge on any atom is -0.508 e. The van der Waals surface area contributed by atoms with E-state index < -0.39 is 13.4 Å². The van der Waals surface area contributed by atoms with Gasteiger partial charge in [-0.2, -0.15) is 0 Å². The summed E-state index contributed by atoms with van der Waals surface area (Å²) in [7, 11) is 0. The Bertz CT molecular complexity index is 368. The maximum atomic E-state index is 12.4. The zero-order chi connectivity index (χ0) is 12.3. The molecule has 0 bridgehead atoms. The number of phenols is 1. The highest BCUT2D eigenvalue weighted by Crippen LogP contribution is 2.26. The number of benzene rings is 1. The van der Waals surface area contributed by atoms with Gasteiger partial charge in [0.25, 0.3) is 0 Å². The van der Waals surface area contributed by atoms with E-state index in [1.807, 2.05) is 0 Å². The fourth-order valence-electron chi connectivity index (χ4n) is 1.59. The molecule has 1 N–H and O–H groups in total. The first-order valence-electron chi connectivity index (χ1n) is 5.09. The number of anilines is 1. The first-order valence-corrected chi connectivity index (χ1v) is 5.09. The predicted octanol–water partition coefficient (Wildman–Crippen LogP) is 2.91. The largest absolute Gasteiger partial charge is 0.508 e. The number of phenolic OH excluding ortho intramolecular Hbond substituents is 1. The minimum atomic E-state index is -4.86. The lowest BCUT2D eigenvalue weighted by molar-refractivity contribution is 0.465. The molecule has 2 nitrogen and oxygen atoms in total. The number of nitrogens with zero attached hydrogens (tertiary/aromatic N) is 1. The van der Waals surface area contributed by atoms with Crippen molar-refractivity contribution >= 4 is 12.7 Å². The van der Waals surface area contributed by atoms with Crippen molar-refractivity contribution in [3.05, 3.63) is 23.8 Å². The SMILES string of the molecule is CCN(C[B-](F)(F)F)c1cc(O)ccc1C. The zero-order valence-electron chi connectivity index (χ0n) is 9.25. The van der Waals surface area contributed by atoms with E-state index in [1.165, 1.54) is 17.0 Å². The Labute approximate surface area is 92.7 Å². The van der Waals surface area contributed by atoms with Crippen LogP contribution in [0.5, 0.6) is 5.75 Å². The van der Waals surface area contributed by atoms with E-state index in [-0.39, 0.29) is 12.3 Å². The second kappa shape index (κ2) is 4.68. The highest BCUT2D eigenvalue weighted by Gasteiger charge is 2.26. The van der Waals surface area contributed by atoms with Crippen LogP contribution in [0.3, 0.4) is 0 Å². The molecule has 0 aromatic heterocycles. The molecule has 1 aromatic rings. The fraction of sp³-hybridized carbons (Fsp3) is 0.400. The van der Waals surface area contributed by atoms with Crippen LogP contribution in [-0.2, 0) is 0 Å². The lowest BCUT2D eigenvalue weighted by Gasteiger charge is -2.30. The lowest BCUT2D eigenvalue weighted by atomic mass is 9.90. The summed E-state index contributed by atoms with van der Waals surface area (Å²) in [5.41, 5.74) is 1.15. The van der Waals surface area contributed by atoms with Gasteiger partial charge in [0.15, 0.2) is 0 Å². The van der Waals surface area contributed by atoms with Crippen molar-refractivity contribution in [2.75, 3.05) is 17.9 Å². The molecular formula is C10H14BF3NO-. The molecule has 0 aliphatic heterocycles. The second-order valence-electron chi connectivity index (χ2n) is 3.72. The van der Waals surface area contributed by atoms with Crippen LogP contribution in [0.2, 0.25) is 0 Å². The minimum absolute atomic E-state index is 0.0197. The number of hydrogen-bond donors (Lipinski definition) is 1. The Morgan fingerprint density at radius 3 is 2.44 bits per heavy atom. The summed E-state index contributed by atoms with van der Waals surface area (Å²) in [4.78, 5) is 1.22. The molecule has 0 heterocycles. The van der Waals surface area contributed by atoms with Crippen LogP contribution in [0.4, 0.5) is 18.6 Å². The van der Waals surface area contributed by atoms with Crippen LogP contribution >= 0.6 is 0 Å².